The zero-order valence-corrected chi connectivity index (χ0v) is 11.3. The van der Waals surface area contributed by atoms with E-state index in [9.17, 15) is 4.79 Å². The summed E-state index contributed by atoms with van der Waals surface area (Å²) in [6.07, 6.45) is 2.11. The van der Waals surface area contributed by atoms with Crippen molar-refractivity contribution < 1.29 is 4.79 Å². The van der Waals surface area contributed by atoms with E-state index in [0.29, 0.717) is 11.3 Å². The van der Waals surface area contributed by atoms with Crippen LogP contribution in [-0.4, -0.2) is 24.4 Å². The van der Waals surface area contributed by atoms with Gasteiger partial charge in [0.1, 0.15) is 0 Å². The molecular weight excluding hydrogens is 268 g/mol. The van der Waals surface area contributed by atoms with Crippen molar-refractivity contribution >= 4 is 27.5 Å². The minimum atomic E-state index is 0.0210. The molecule has 0 unspecified atom stereocenters. The Kier molecular flexibility index (Phi) is 4.80. The number of nitrogens with two attached hydrogens (primary N) is 1. The molecule has 4 heteroatoms. The Morgan fingerprint density at radius 2 is 2.19 bits per heavy atom. The fourth-order valence-electron chi connectivity index (χ4n) is 1.39. The second-order valence-corrected chi connectivity index (χ2v) is 4.67. The van der Waals surface area contributed by atoms with Gasteiger partial charge in [-0.3, -0.25) is 4.79 Å². The van der Waals surface area contributed by atoms with Gasteiger partial charge in [-0.25, -0.2) is 0 Å². The van der Waals surface area contributed by atoms with Crippen molar-refractivity contribution in [2.24, 2.45) is 0 Å². The summed E-state index contributed by atoms with van der Waals surface area (Å²) in [6, 6.07) is 5.29. The molecule has 2 N–H and O–H groups in total. The number of carbonyl (C=O) groups excluding carboxylic acids is 1. The molecule has 16 heavy (non-hydrogen) atoms. The van der Waals surface area contributed by atoms with Crippen LogP contribution >= 0.6 is 15.9 Å². The Balaban J connectivity index is 2.76. The van der Waals surface area contributed by atoms with Gasteiger partial charge in [0.05, 0.1) is 0 Å². The van der Waals surface area contributed by atoms with Crippen molar-refractivity contribution in [1.29, 1.82) is 0 Å². The van der Waals surface area contributed by atoms with E-state index < -0.39 is 0 Å². The number of anilines is 1. The number of hydrogen-bond donors (Lipinski definition) is 1. The number of rotatable bonds is 4. The molecular formula is C12H17BrN2O. The standard InChI is InChI=1S/C12H17BrN2O/c1-3-4-7-15(2)12(16)9-5-6-10(13)11(14)8-9/h5-6,8H,3-4,7,14H2,1-2H3. The Labute approximate surface area is 105 Å². The number of unbranched alkanes of at least 4 members (excludes halogenated alkanes) is 1. The van der Waals surface area contributed by atoms with Crippen LogP contribution in [0.4, 0.5) is 5.69 Å². The lowest BCUT2D eigenvalue weighted by Crippen LogP contribution is -2.27. The Morgan fingerprint density at radius 1 is 1.50 bits per heavy atom. The Morgan fingerprint density at radius 3 is 2.75 bits per heavy atom. The van der Waals surface area contributed by atoms with E-state index >= 15 is 0 Å². The average Bonchev–Trinajstić information content (AvgIpc) is 2.28. The van der Waals surface area contributed by atoms with Gasteiger partial charge < -0.3 is 10.6 Å². The van der Waals surface area contributed by atoms with E-state index in [4.69, 9.17) is 5.73 Å². The Bertz CT molecular complexity index is 379. The smallest absolute Gasteiger partial charge is 0.253 e. The third-order valence-corrected chi connectivity index (χ3v) is 3.16. The molecule has 0 saturated carbocycles. The summed E-state index contributed by atoms with van der Waals surface area (Å²) in [6.45, 7) is 2.89. The van der Waals surface area contributed by atoms with Crippen LogP contribution in [0.5, 0.6) is 0 Å². The van der Waals surface area contributed by atoms with Crippen LogP contribution < -0.4 is 5.73 Å². The van der Waals surface area contributed by atoms with Gasteiger partial charge in [-0.15, -0.1) is 0 Å². The quantitative estimate of drug-likeness (QED) is 0.865. The van der Waals surface area contributed by atoms with E-state index in [0.717, 1.165) is 23.9 Å². The van der Waals surface area contributed by atoms with Gasteiger partial charge in [0.25, 0.3) is 5.91 Å². The molecule has 0 aromatic heterocycles. The lowest BCUT2D eigenvalue weighted by Gasteiger charge is -2.17. The summed E-state index contributed by atoms with van der Waals surface area (Å²) >= 11 is 3.31. The van der Waals surface area contributed by atoms with Gasteiger partial charge in [-0.05, 0) is 40.5 Å². The molecule has 88 valence electrons. The maximum absolute atomic E-state index is 12.0. The topological polar surface area (TPSA) is 46.3 Å². The fraction of sp³-hybridized carbons (Fsp3) is 0.417. The van der Waals surface area contributed by atoms with Crippen LogP contribution in [0.3, 0.4) is 0 Å². The number of amides is 1. The Hall–Kier alpha value is -1.03. The van der Waals surface area contributed by atoms with Crippen molar-refractivity contribution in [2.45, 2.75) is 19.8 Å². The minimum absolute atomic E-state index is 0.0210. The lowest BCUT2D eigenvalue weighted by atomic mass is 10.1. The molecule has 0 aliphatic carbocycles. The average molecular weight is 285 g/mol. The predicted molar refractivity (Wildman–Crippen MR) is 70.4 cm³/mol. The summed E-state index contributed by atoms with van der Waals surface area (Å²) in [4.78, 5) is 13.7. The van der Waals surface area contributed by atoms with Crippen LogP contribution in [0, 0.1) is 0 Å². The van der Waals surface area contributed by atoms with Crippen LogP contribution in [0.2, 0.25) is 0 Å². The first-order valence-electron chi connectivity index (χ1n) is 5.36. The number of nitrogens with zero attached hydrogens (tertiary/aromatic N) is 1. The molecule has 0 fully saturated rings. The zero-order chi connectivity index (χ0) is 12.1. The number of halogens is 1. The number of nitrogen functional groups attached to an aromatic ring is 1. The first-order valence-corrected chi connectivity index (χ1v) is 6.16. The van der Waals surface area contributed by atoms with Crippen LogP contribution in [-0.2, 0) is 0 Å². The normalized spacial score (nSPS) is 10.2. The van der Waals surface area contributed by atoms with Crippen LogP contribution in [0.25, 0.3) is 0 Å². The molecule has 1 rings (SSSR count). The number of carbonyl (C=O) groups is 1. The molecule has 0 heterocycles. The molecule has 1 amide bonds. The highest BCUT2D eigenvalue weighted by Gasteiger charge is 2.11. The van der Waals surface area contributed by atoms with Crippen molar-refractivity contribution in [2.75, 3.05) is 19.3 Å². The SMILES string of the molecule is CCCCN(C)C(=O)c1ccc(Br)c(N)c1. The molecule has 0 radical (unpaired) electrons. The predicted octanol–water partition coefficient (Wildman–Crippen LogP) is 2.90. The van der Waals surface area contributed by atoms with E-state index in [1.165, 1.54) is 0 Å². The molecule has 0 aliphatic rings. The van der Waals surface area contributed by atoms with E-state index in [1.807, 2.05) is 7.05 Å². The maximum Gasteiger partial charge on any atom is 0.253 e. The van der Waals surface area contributed by atoms with Gasteiger partial charge in [-0.2, -0.15) is 0 Å². The second-order valence-electron chi connectivity index (χ2n) is 3.82. The van der Waals surface area contributed by atoms with E-state index in [1.54, 1.807) is 23.1 Å². The summed E-state index contributed by atoms with van der Waals surface area (Å²) in [5.74, 6) is 0.0210. The molecule has 0 atom stereocenters. The molecule has 1 aromatic carbocycles. The molecule has 0 spiro atoms. The first kappa shape index (κ1) is 13.0. The van der Waals surface area contributed by atoms with Crippen molar-refractivity contribution in [3.63, 3.8) is 0 Å². The lowest BCUT2D eigenvalue weighted by molar-refractivity contribution is 0.0793. The molecule has 3 nitrogen and oxygen atoms in total. The maximum atomic E-state index is 12.0. The van der Waals surface area contributed by atoms with Crippen LogP contribution in [0.15, 0.2) is 22.7 Å². The second kappa shape index (κ2) is 5.89. The van der Waals surface area contributed by atoms with Gasteiger partial charge in [0.15, 0.2) is 0 Å². The monoisotopic (exact) mass is 284 g/mol. The highest BCUT2D eigenvalue weighted by atomic mass is 79.9. The van der Waals surface area contributed by atoms with Crippen molar-refractivity contribution in [3.05, 3.63) is 28.2 Å². The molecule has 1 aromatic rings. The molecule has 0 bridgehead atoms. The molecule has 0 aliphatic heterocycles. The van der Waals surface area contributed by atoms with E-state index in [2.05, 4.69) is 22.9 Å². The van der Waals surface area contributed by atoms with Crippen LogP contribution in [0.1, 0.15) is 30.1 Å². The van der Waals surface area contributed by atoms with Crippen molar-refractivity contribution in [3.8, 4) is 0 Å². The number of benzene rings is 1. The largest absolute Gasteiger partial charge is 0.398 e. The zero-order valence-electron chi connectivity index (χ0n) is 9.66. The van der Waals surface area contributed by atoms with Crippen molar-refractivity contribution in [1.82, 2.24) is 4.90 Å². The van der Waals surface area contributed by atoms with E-state index in [-0.39, 0.29) is 5.91 Å². The summed E-state index contributed by atoms with van der Waals surface area (Å²) in [7, 11) is 1.82. The van der Waals surface area contributed by atoms with Gasteiger partial charge in [0.2, 0.25) is 0 Å². The third kappa shape index (κ3) is 3.23. The summed E-state index contributed by atoms with van der Waals surface area (Å²) in [5.41, 5.74) is 6.97. The van der Waals surface area contributed by atoms with Gasteiger partial charge in [0, 0.05) is 29.3 Å². The summed E-state index contributed by atoms with van der Waals surface area (Å²) < 4.78 is 0.820. The number of hydrogen-bond acceptors (Lipinski definition) is 2. The van der Waals surface area contributed by atoms with Gasteiger partial charge >= 0.3 is 0 Å². The minimum Gasteiger partial charge on any atom is -0.398 e. The fourth-order valence-corrected chi connectivity index (χ4v) is 1.64. The molecule has 0 saturated heterocycles. The highest BCUT2D eigenvalue weighted by Crippen LogP contribution is 2.20. The first-order chi connectivity index (χ1) is 7.56. The summed E-state index contributed by atoms with van der Waals surface area (Å²) in [5, 5.41) is 0. The van der Waals surface area contributed by atoms with Gasteiger partial charge in [-0.1, -0.05) is 13.3 Å². The highest BCUT2D eigenvalue weighted by molar-refractivity contribution is 9.10. The third-order valence-electron chi connectivity index (χ3n) is 2.44.